The fraction of sp³-hybridized carbons (Fsp3) is 0.462. The molecule has 0 bridgehead atoms. The predicted molar refractivity (Wildman–Crippen MR) is 80.7 cm³/mol. The van der Waals surface area contributed by atoms with Gasteiger partial charge in [-0.2, -0.15) is 0 Å². The van der Waals surface area contributed by atoms with Gasteiger partial charge in [-0.3, -0.25) is 9.59 Å². The maximum absolute atomic E-state index is 12.5. The normalized spacial score (nSPS) is 10.3. The van der Waals surface area contributed by atoms with Crippen LogP contribution in [0.25, 0.3) is 0 Å². The number of ether oxygens (including phenoxy) is 1. The smallest absolute Gasteiger partial charge is 0.254 e. The SMILES string of the molecule is COCCN(CC(=O)N(C)C)C(=O)c1cc(Cl)nc(Cl)c1. The highest BCUT2D eigenvalue weighted by Gasteiger charge is 2.20. The van der Waals surface area contributed by atoms with Crippen molar-refractivity contribution in [2.75, 3.05) is 40.9 Å². The van der Waals surface area contributed by atoms with Crippen LogP contribution < -0.4 is 0 Å². The lowest BCUT2D eigenvalue weighted by Gasteiger charge is -2.23. The Morgan fingerprint density at radius 2 is 1.81 bits per heavy atom. The van der Waals surface area contributed by atoms with Gasteiger partial charge in [-0.15, -0.1) is 0 Å². The molecule has 1 aromatic rings. The molecule has 6 nitrogen and oxygen atoms in total. The summed E-state index contributed by atoms with van der Waals surface area (Å²) >= 11 is 11.6. The summed E-state index contributed by atoms with van der Waals surface area (Å²) in [5, 5.41) is 0.243. The summed E-state index contributed by atoms with van der Waals surface area (Å²) < 4.78 is 4.96. The minimum absolute atomic E-state index is 0.0489. The molecule has 1 heterocycles. The van der Waals surface area contributed by atoms with Crippen molar-refractivity contribution >= 4 is 35.0 Å². The van der Waals surface area contributed by atoms with Crippen molar-refractivity contribution < 1.29 is 14.3 Å². The van der Waals surface area contributed by atoms with Gasteiger partial charge < -0.3 is 14.5 Å². The quantitative estimate of drug-likeness (QED) is 0.741. The third-order valence-corrected chi connectivity index (χ3v) is 3.07. The van der Waals surface area contributed by atoms with Gasteiger partial charge in [0.05, 0.1) is 6.61 Å². The minimum Gasteiger partial charge on any atom is -0.383 e. The Morgan fingerprint density at radius 3 is 2.29 bits per heavy atom. The van der Waals surface area contributed by atoms with E-state index < -0.39 is 0 Å². The molecule has 0 aliphatic carbocycles. The van der Waals surface area contributed by atoms with Crippen molar-refractivity contribution in [2.24, 2.45) is 0 Å². The Labute approximate surface area is 133 Å². The lowest BCUT2D eigenvalue weighted by atomic mass is 10.2. The van der Waals surface area contributed by atoms with E-state index in [9.17, 15) is 9.59 Å². The van der Waals surface area contributed by atoms with E-state index in [4.69, 9.17) is 27.9 Å². The second-order valence-corrected chi connectivity index (χ2v) is 5.28. The van der Waals surface area contributed by atoms with Gasteiger partial charge in [0, 0.05) is 33.3 Å². The molecule has 1 rings (SSSR count). The van der Waals surface area contributed by atoms with Crippen LogP contribution in [0.5, 0.6) is 0 Å². The number of hydrogen-bond acceptors (Lipinski definition) is 4. The fourth-order valence-electron chi connectivity index (χ4n) is 1.53. The number of halogens is 2. The third-order valence-electron chi connectivity index (χ3n) is 2.69. The van der Waals surface area contributed by atoms with Crippen molar-refractivity contribution in [3.05, 3.63) is 28.0 Å². The first kappa shape index (κ1) is 17.7. The zero-order valence-electron chi connectivity index (χ0n) is 12.1. The second-order valence-electron chi connectivity index (χ2n) is 4.51. The number of carbonyl (C=O) groups is 2. The molecule has 0 spiro atoms. The van der Waals surface area contributed by atoms with Crippen LogP contribution in [-0.2, 0) is 9.53 Å². The average Bonchev–Trinajstić information content (AvgIpc) is 2.41. The highest BCUT2D eigenvalue weighted by molar-refractivity contribution is 6.33. The van der Waals surface area contributed by atoms with Gasteiger partial charge >= 0.3 is 0 Å². The molecule has 0 fully saturated rings. The summed E-state index contributed by atoms with van der Waals surface area (Å²) in [4.78, 5) is 30.9. The maximum Gasteiger partial charge on any atom is 0.254 e. The third kappa shape index (κ3) is 5.49. The molecule has 0 unspecified atom stereocenters. The van der Waals surface area contributed by atoms with Crippen LogP contribution >= 0.6 is 23.2 Å². The topological polar surface area (TPSA) is 62.7 Å². The van der Waals surface area contributed by atoms with E-state index in [-0.39, 0.29) is 40.8 Å². The number of nitrogens with zero attached hydrogens (tertiary/aromatic N) is 3. The highest BCUT2D eigenvalue weighted by atomic mass is 35.5. The number of pyridine rings is 1. The first-order chi connectivity index (χ1) is 9.85. The molecule has 0 saturated heterocycles. The van der Waals surface area contributed by atoms with Crippen LogP contribution in [0.2, 0.25) is 10.3 Å². The van der Waals surface area contributed by atoms with Crippen LogP contribution in [-0.4, -0.2) is 67.5 Å². The van der Waals surface area contributed by atoms with E-state index in [0.29, 0.717) is 6.61 Å². The van der Waals surface area contributed by atoms with Gasteiger partial charge in [-0.05, 0) is 12.1 Å². The predicted octanol–water partition coefficient (Wildman–Crippen LogP) is 1.57. The van der Waals surface area contributed by atoms with Crippen molar-refractivity contribution in [1.29, 1.82) is 0 Å². The van der Waals surface area contributed by atoms with Gasteiger partial charge in [0.15, 0.2) is 0 Å². The highest BCUT2D eigenvalue weighted by Crippen LogP contribution is 2.16. The van der Waals surface area contributed by atoms with Crippen molar-refractivity contribution in [2.45, 2.75) is 0 Å². The monoisotopic (exact) mass is 333 g/mol. The largest absolute Gasteiger partial charge is 0.383 e. The second kappa shape index (κ2) is 8.17. The number of amides is 2. The Hall–Kier alpha value is -1.37. The molecule has 1 aromatic heterocycles. The molecule has 0 aliphatic rings. The summed E-state index contributed by atoms with van der Waals surface area (Å²) in [6.07, 6.45) is 0. The molecule has 21 heavy (non-hydrogen) atoms. The zero-order valence-corrected chi connectivity index (χ0v) is 13.6. The molecule has 0 atom stereocenters. The Balaban J connectivity index is 2.95. The average molecular weight is 334 g/mol. The number of hydrogen-bond donors (Lipinski definition) is 0. The van der Waals surface area contributed by atoms with Gasteiger partial charge in [0.25, 0.3) is 5.91 Å². The van der Waals surface area contributed by atoms with Gasteiger partial charge in [-0.1, -0.05) is 23.2 Å². The Kier molecular flexibility index (Phi) is 6.87. The molecular weight excluding hydrogens is 317 g/mol. The van der Waals surface area contributed by atoms with E-state index in [2.05, 4.69) is 4.98 Å². The van der Waals surface area contributed by atoms with E-state index in [1.807, 2.05) is 0 Å². The molecule has 2 amide bonds. The summed E-state index contributed by atoms with van der Waals surface area (Å²) in [5.41, 5.74) is 0.280. The van der Waals surface area contributed by atoms with Crippen molar-refractivity contribution in [1.82, 2.24) is 14.8 Å². The molecule has 0 radical (unpaired) electrons. The maximum atomic E-state index is 12.5. The van der Waals surface area contributed by atoms with Crippen molar-refractivity contribution in [3.8, 4) is 0 Å². The summed E-state index contributed by atoms with van der Waals surface area (Å²) in [6.45, 7) is 0.554. The van der Waals surface area contributed by atoms with E-state index >= 15 is 0 Å². The molecule has 0 aliphatic heterocycles. The van der Waals surface area contributed by atoms with Crippen LogP contribution in [0.15, 0.2) is 12.1 Å². The summed E-state index contributed by atoms with van der Waals surface area (Å²) in [7, 11) is 4.78. The Bertz CT molecular complexity index is 503. The molecular formula is C13H17Cl2N3O3. The number of aromatic nitrogens is 1. The number of methoxy groups -OCH3 is 1. The van der Waals surface area contributed by atoms with E-state index in [1.54, 1.807) is 14.1 Å². The van der Waals surface area contributed by atoms with Gasteiger partial charge in [-0.25, -0.2) is 4.98 Å². The van der Waals surface area contributed by atoms with Gasteiger partial charge in [0.1, 0.15) is 16.9 Å². The lowest BCUT2D eigenvalue weighted by molar-refractivity contribution is -0.129. The minimum atomic E-state index is -0.353. The Morgan fingerprint density at radius 1 is 1.24 bits per heavy atom. The first-order valence-corrected chi connectivity index (χ1v) is 6.92. The van der Waals surface area contributed by atoms with Crippen LogP contribution in [0, 0.1) is 0 Å². The standard InChI is InChI=1S/C13H17Cl2N3O3/c1-17(2)12(19)8-18(4-5-21-3)13(20)9-6-10(14)16-11(15)7-9/h6-7H,4-5,8H2,1-3H3. The molecule has 0 aromatic carbocycles. The lowest BCUT2D eigenvalue weighted by Crippen LogP contribution is -2.41. The number of likely N-dealkylation sites (N-methyl/N-ethyl adjacent to an activating group) is 1. The number of carbonyl (C=O) groups excluding carboxylic acids is 2. The van der Waals surface area contributed by atoms with Crippen molar-refractivity contribution in [3.63, 3.8) is 0 Å². The van der Waals surface area contributed by atoms with E-state index in [1.165, 1.54) is 29.0 Å². The summed E-state index contributed by atoms with van der Waals surface area (Å²) in [6, 6.07) is 2.82. The van der Waals surface area contributed by atoms with Crippen LogP contribution in [0.4, 0.5) is 0 Å². The van der Waals surface area contributed by atoms with Crippen LogP contribution in [0.1, 0.15) is 10.4 Å². The molecule has 0 saturated carbocycles. The zero-order chi connectivity index (χ0) is 16.0. The number of rotatable bonds is 6. The van der Waals surface area contributed by atoms with Crippen LogP contribution in [0.3, 0.4) is 0 Å². The molecule has 0 N–H and O–H groups in total. The molecule has 116 valence electrons. The summed E-state index contributed by atoms with van der Waals surface area (Å²) in [5.74, 6) is -0.542. The fourth-order valence-corrected chi connectivity index (χ4v) is 1.99. The molecule has 8 heteroatoms. The first-order valence-electron chi connectivity index (χ1n) is 6.16. The van der Waals surface area contributed by atoms with Gasteiger partial charge in [0.2, 0.25) is 5.91 Å². The van der Waals surface area contributed by atoms with E-state index in [0.717, 1.165) is 0 Å².